The van der Waals surface area contributed by atoms with Crippen LogP contribution >= 0.6 is 8.46 Å². The van der Waals surface area contributed by atoms with Crippen molar-refractivity contribution in [2.75, 3.05) is 6.16 Å². The number of carbonyl (C=O) groups excluding carboxylic acids is 2. The maximum atomic E-state index is 13.5. The largest absolute Gasteiger partial charge is 0.293 e. The second-order valence-corrected chi connectivity index (χ2v) is 8.22. The molecule has 28 heavy (non-hydrogen) atoms. The van der Waals surface area contributed by atoms with Gasteiger partial charge in [0.15, 0.2) is 20.0 Å². The molecule has 0 aliphatic carbocycles. The fourth-order valence-electron chi connectivity index (χ4n) is 3.84. The van der Waals surface area contributed by atoms with Gasteiger partial charge >= 0.3 is 0 Å². The van der Waals surface area contributed by atoms with Gasteiger partial charge in [-0.2, -0.15) is 0 Å². The Bertz CT molecular complexity index is 766. The summed E-state index contributed by atoms with van der Waals surface area (Å²) in [6.07, 6.45) is 3.63. The third-order valence-electron chi connectivity index (χ3n) is 5.33. The van der Waals surface area contributed by atoms with Gasteiger partial charge in [-0.25, -0.2) is 0 Å². The molecule has 0 aliphatic rings. The normalized spacial score (nSPS) is 11.2. The molecule has 2 aromatic rings. The van der Waals surface area contributed by atoms with Crippen LogP contribution < -0.4 is 0 Å². The molecule has 2 aromatic carbocycles. The Hall–Kier alpha value is -2.12. The highest BCUT2D eigenvalue weighted by Crippen LogP contribution is 2.27. The van der Waals surface area contributed by atoms with E-state index in [1.54, 1.807) is 0 Å². The molecule has 4 heteroatoms. The lowest BCUT2D eigenvalue weighted by Crippen LogP contribution is -2.27. The number of hydrogen-bond donors (Lipinski definition) is 0. The minimum atomic E-state index is -0.676. The molecule has 0 aliphatic heterocycles. The van der Waals surface area contributed by atoms with E-state index in [1.165, 1.54) is 0 Å². The molecule has 0 amide bonds. The molecule has 0 atom stereocenters. The number of unbranched alkanes of at least 4 members (excludes halogenated alkanes) is 2. The Kier molecular flexibility index (Phi) is 8.26. The maximum absolute atomic E-state index is 13.5. The highest BCUT2D eigenvalue weighted by atomic mass is 31.1. The molecule has 0 aromatic heterocycles. The molecule has 0 saturated heterocycles. The number of benzene rings is 2. The Balaban J connectivity index is 2.37. The minimum absolute atomic E-state index is 0.0785. The van der Waals surface area contributed by atoms with Crippen molar-refractivity contribution in [2.24, 2.45) is 5.92 Å². The first-order valence-corrected chi connectivity index (χ1v) is 10.9. The van der Waals surface area contributed by atoms with Crippen LogP contribution in [-0.4, -0.2) is 17.7 Å². The first-order chi connectivity index (χ1) is 13.4. The van der Waals surface area contributed by atoms with Crippen LogP contribution in [0.15, 0.2) is 36.4 Å². The van der Waals surface area contributed by atoms with Crippen molar-refractivity contribution >= 4 is 20.0 Å². The fourth-order valence-corrected chi connectivity index (χ4v) is 4.19. The van der Waals surface area contributed by atoms with Gasteiger partial charge < -0.3 is 0 Å². The van der Waals surface area contributed by atoms with Gasteiger partial charge in [-0.3, -0.25) is 14.2 Å². The lowest BCUT2D eigenvalue weighted by molar-refractivity contribution is 0.0796. The van der Waals surface area contributed by atoms with Crippen LogP contribution in [0.2, 0.25) is 0 Å². The molecule has 0 radical (unpaired) electrons. The Labute approximate surface area is 169 Å². The standard InChI is InChI=1S/C24H29O3P/c1-16-10-8-11-17(2)21(16)23(25)20(14-6-5-7-15-28-27)24(26)22-18(3)12-9-13-19(22)4/h8-13,20H,5-7,14-15H2,1-4H3. The Morgan fingerprint density at radius 2 is 1.18 bits per heavy atom. The summed E-state index contributed by atoms with van der Waals surface area (Å²) in [5, 5.41) is 0. The van der Waals surface area contributed by atoms with Gasteiger partial charge in [-0.05, 0) is 62.8 Å². The molecule has 0 bridgehead atoms. The van der Waals surface area contributed by atoms with Gasteiger partial charge in [-0.1, -0.05) is 49.2 Å². The number of aryl methyl sites for hydroxylation is 4. The van der Waals surface area contributed by atoms with E-state index in [4.69, 9.17) is 0 Å². The van der Waals surface area contributed by atoms with Gasteiger partial charge in [0.25, 0.3) is 0 Å². The number of Topliss-reactive ketones (excluding diaryl/α,β-unsaturated/α-hetero) is 2. The Morgan fingerprint density at radius 1 is 0.750 bits per heavy atom. The monoisotopic (exact) mass is 396 g/mol. The maximum Gasteiger partial charge on any atom is 0.174 e. The topological polar surface area (TPSA) is 51.2 Å². The number of hydrogen-bond acceptors (Lipinski definition) is 3. The summed E-state index contributed by atoms with van der Waals surface area (Å²) >= 11 is 0. The predicted octanol–water partition coefficient (Wildman–Crippen LogP) is 6.45. The van der Waals surface area contributed by atoms with E-state index in [1.807, 2.05) is 64.1 Å². The van der Waals surface area contributed by atoms with Crippen LogP contribution in [0.4, 0.5) is 0 Å². The van der Waals surface area contributed by atoms with E-state index in [0.29, 0.717) is 23.7 Å². The Morgan fingerprint density at radius 3 is 1.57 bits per heavy atom. The van der Waals surface area contributed by atoms with E-state index in [0.717, 1.165) is 41.5 Å². The lowest BCUT2D eigenvalue weighted by atomic mass is 9.81. The minimum Gasteiger partial charge on any atom is -0.293 e. The van der Waals surface area contributed by atoms with Crippen molar-refractivity contribution < 1.29 is 14.2 Å². The highest BCUT2D eigenvalue weighted by molar-refractivity contribution is 7.23. The molecular formula is C24H29O3P. The summed E-state index contributed by atoms with van der Waals surface area (Å²) in [4.78, 5) is 26.9. The lowest BCUT2D eigenvalue weighted by Gasteiger charge is -2.20. The average Bonchev–Trinajstić information content (AvgIpc) is 2.64. The summed E-state index contributed by atoms with van der Waals surface area (Å²) in [5.74, 6) is -0.834. The number of carbonyl (C=O) groups is 2. The number of ketones is 2. The van der Waals surface area contributed by atoms with Gasteiger partial charge in [0, 0.05) is 17.3 Å². The zero-order chi connectivity index (χ0) is 20.7. The third kappa shape index (κ3) is 5.23. The van der Waals surface area contributed by atoms with Crippen LogP contribution in [0.1, 0.15) is 68.7 Å². The van der Waals surface area contributed by atoms with Gasteiger partial charge in [0.05, 0.1) is 5.92 Å². The van der Waals surface area contributed by atoms with Gasteiger partial charge in [-0.15, -0.1) is 0 Å². The van der Waals surface area contributed by atoms with E-state index in [9.17, 15) is 14.2 Å². The second kappa shape index (κ2) is 10.4. The molecule has 0 unspecified atom stereocenters. The second-order valence-electron chi connectivity index (χ2n) is 7.52. The van der Waals surface area contributed by atoms with Crippen molar-refractivity contribution in [3.8, 4) is 0 Å². The SMILES string of the molecule is Cc1cccc(C)c1C(=O)C(CCCCCP=O)C(=O)c1c(C)cccc1C. The quantitative estimate of drug-likeness (QED) is 0.201. The van der Waals surface area contributed by atoms with Crippen LogP contribution in [0.25, 0.3) is 0 Å². The van der Waals surface area contributed by atoms with Crippen molar-refractivity contribution in [1.82, 2.24) is 0 Å². The summed E-state index contributed by atoms with van der Waals surface area (Å²) in [7, 11) is 0.155. The molecule has 2 rings (SSSR count). The average molecular weight is 396 g/mol. The van der Waals surface area contributed by atoms with Crippen molar-refractivity contribution in [3.63, 3.8) is 0 Å². The smallest absolute Gasteiger partial charge is 0.174 e. The molecule has 0 fully saturated rings. The summed E-state index contributed by atoms with van der Waals surface area (Å²) < 4.78 is 10.6. The summed E-state index contributed by atoms with van der Waals surface area (Å²) in [6.45, 7) is 7.70. The first-order valence-electron chi connectivity index (χ1n) is 9.88. The summed E-state index contributed by atoms with van der Waals surface area (Å²) in [5.41, 5.74) is 4.99. The molecule has 148 valence electrons. The molecule has 3 nitrogen and oxygen atoms in total. The summed E-state index contributed by atoms with van der Waals surface area (Å²) in [6, 6.07) is 11.6. The van der Waals surface area contributed by atoms with Crippen LogP contribution in [0, 0.1) is 33.6 Å². The van der Waals surface area contributed by atoms with Gasteiger partial charge in [0.2, 0.25) is 0 Å². The van der Waals surface area contributed by atoms with E-state index in [-0.39, 0.29) is 20.0 Å². The zero-order valence-corrected chi connectivity index (χ0v) is 18.1. The van der Waals surface area contributed by atoms with Crippen LogP contribution in [0.5, 0.6) is 0 Å². The van der Waals surface area contributed by atoms with E-state index < -0.39 is 5.92 Å². The first kappa shape index (κ1) is 22.2. The molecular weight excluding hydrogens is 367 g/mol. The molecule has 0 saturated carbocycles. The van der Waals surface area contributed by atoms with E-state index in [2.05, 4.69) is 0 Å². The predicted molar refractivity (Wildman–Crippen MR) is 115 cm³/mol. The van der Waals surface area contributed by atoms with Crippen LogP contribution in [-0.2, 0) is 4.57 Å². The number of rotatable bonds is 10. The van der Waals surface area contributed by atoms with Crippen molar-refractivity contribution in [2.45, 2.75) is 53.4 Å². The van der Waals surface area contributed by atoms with Gasteiger partial charge in [0.1, 0.15) is 0 Å². The molecule has 0 heterocycles. The van der Waals surface area contributed by atoms with Crippen LogP contribution in [0.3, 0.4) is 0 Å². The van der Waals surface area contributed by atoms with Crippen molar-refractivity contribution in [1.29, 1.82) is 0 Å². The van der Waals surface area contributed by atoms with Crippen molar-refractivity contribution in [3.05, 3.63) is 69.8 Å². The molecule has 0 spiro atoms. The highest BCUT2D eigenvalue weighted by Gasteiger charge is 2.31. The molecule has 0 N–H and O–H groups in total. The zero-order valence-electron chi connectivity index (χ0n) is 17.2. The van der Waals surface area contributed by atoms with E-state index >= 15 is 0 Å². The third-order valence-corrected chi connectivity index (χ3v) is 5.83. The fraction of sp³-hybridized carbons (Fsp3) is 0.417.